The Morgan fingerprint density at radius 3 is 2.33 bits per heavy atom. The third-order valence-corrected chi connectivity index (χ3v) is 4.06. The van der Waals surface area contributed by atoms with Gasteiger partial charge in [0.25, 0.3) is 0 Å². The Kier molecular flexibility index (Phi) is 5.48. The van der Waals surface area contributed by atoms with E-state index in [1.807, 2.05) is 20.8 Å². The average molecular weight is 234 g/mol. The van der Waals surface area contributed by atoms with Crippen LogP contribution in [0.5, 0.6) is 0 Å². The molecule has 0 aliphatic heterocycles. The molecule has 0 aromatic rings. The van der Waals surface area contributed by atoms with Crippen molar-refractivity contribution in [3.05, 3.63) is 12.7 Å². The molecule has 0 heterocycles. The third-order valence-electron chi connectivity index (χ3n) is 2.23. The fourth-order valence-corrected chi connectivity index (χ4v) is 2.65. The van der Waals surface area contributed by atoms with Crippen LogP contribution in [0.3, 0.4) is 0 Å². The minimum absolute atomic E-state index is 0.0124. The van der Waals surface area contributed by atoms with Crippen molar-refractivity contribution in [2.75, 3.05) is 25.4 Å². The van der Waals surface area contributed by atoms with Crippen molar-refractivity contribution in [1.82, 2.24) is 4.31 Å². The van der Waals surface area contributed by atoms with Gasteiger partial charge in [-0.05, 0) is 12.0 Å². The van der Waals surface area contributed by atoms with Gasteiger partial charge in [0.15, 0.2) is 0 Å². The van der Waals surface area contributed by atoms with Crippen LogP contribution in [0.15, 0.2) is 12.7 Å². The minimum Gasteiger partial charge on any atom is -0.330 e. The van der Waals surface area contributed by atoms with Crippen molar-refractivity contribution in [3.63, 3.8) is 0 Å². The van der Waals surface area contributed by atoms with Crippen molar-refractivity contribution in [2.24, 2.45) is 11.1 Å². The molecule has 0 aromatic carbocycles. The summed E-state index contributed by atoms with van der Waals surface area (Å²) in [5, 5.41) is 0. The van der Waals surface area contributed by atoms with E-state index in [1.54, 1.807) is 0 Å². The summed E-state index contributed by atoms with van der Waals surface area (Å²) in [6.07, 6.45) is 1.41. The Bertz CT molecular complexity index is 297. The first-order valence-electron chi connectivity index (χ1n) is 5.08. The van der Waals surface area contributed by atoms with E-state index >= 15 is 0 Å². The van der Waals surface area contributed by atoms with Crippen LogP contribution >= 0.6 is 0 Å². The van der Waals surface area contributed by atoms with Crippen LogP contribution in [0, 0.1) is 5.41 Å². The van der Waals surface area contributed by atoms with Gasteiger partial charge >= 0.3 is 0 Å². The van der Waals surface area contributed by atoms with Gasteiger partial charge in [-0.15, -0.1) is 6.58 Å². The fraction of sp³-hybridized carbons (Fsp3) is 0.800. The van der Waals surface area contributed by atoms with Gasteiger partial charge in [-0.3, -0.25) is 0 Å². The fourth-order valence-electron chi connectivity index (χ4n) is 1.20. The molecular weight excluding hydrogens is 212 g/mol. The van der Waals surface area contributed by atoms with Gasteiger partial charge in [-0.2, -0.15) is 0 Å². The molecule has 0 radical (unpaired) electrons. The summed E-state index contributed by atoms with van der Waals surface area (Å²) in [5.74, 6) is -0.0124. The van der Waals surface area contributed by atoms with Crippen LogP contribution in [-0.2, 0) is 10.0 Å². The predicted molar refractivity (Wildman–Crippen MR) is 64.1 cm³/mol. The molecule has 0 rings (SSSR count). The molecule has 0 unspecified atom stereocenters. The molecule has 0 aliphatic carbocycles. The van der Waals surface area contributed by atoms with E-state index in [0.29, 0.717) is 19.6 Å². The van der Waals surface area contributed by atoms with Crippen molar-refractivity contribution in [3.8, 4) is 0 Å². The molecule has 0 bridgehead atoms. The lowest BCUT2D eigenvalue weighted by molar-refractivity contribution is 0.273. The van der Waals surface area contributed by atoms with E-state index in [2.05, 4.69) is 6.58 Å². The largest absolute Gasteiger partial charge is 0.330 e. The van der Waals surface area contributed by atoms with E-state index in [9.17, 15) is 8.42 Å². The summed E-state index contributed by atoms with van der Waals surface area (Å²) in [7, 11) is -3.21. The first kappa shape index (κ1) is 14.6. The molecule has 90 valence electrons. The van der Waals surface area contributed by atoms with Gasteiger partial charge in [0.05, 0.1) is 5.75 Å². The molecule has 0 atom stereocenters. The highest BCUT2D eigenvalue weighted by atomic mass is 32.2. The van der Waals surface area contributed by atoms with Crippen molar-refractivity contribution in [2.45, 2.75) is 20.8 Å². The van der Waals surface area contributed by atoms with E-state index < -0.39 is 10.0 Å². The van der Waals surface area contributed by atoms with Crippen LogP contribution in [-0.4, -0.2) is 38.1 Å². The first-order chi connectivity index (χ1) is 6.79. The zero-order valence-corrected chi connectivity index (χ0v) is 10.7. The second kappa shape index (κ2) is 5.63. The standard InChI is InChI=1S/C10H22N2O2S/c1-5-7-15(13,14)12(6-2)9-10(3,4)8-11/h5H,1,6-9,11H2,2-4H3. The Balaban J connectivity index is 4.71. The highest BCUT2D eigenvalue weighted by molar-refractivity contribution is 7.89. The summed E-state index contributed by atoms with van der Waals surface area (Å²) >= 11 is 0. The minimum atomic E-state index is -3.21. The SMILES string of the molecule is C=CCS(=O)(=O)N(CC)CC(C)(C)CN. The highest BCUT2D eigenvalue weighted by Gasteiger charge is 2.26. The molecule has 0 aliphatic rings. The number of sulfonamides is 1. The molecule has 0 saturated heterocycles. The maximum Gasteiger partial charge on any atom is 0.217 e. The maximum absolute atomic E-state index is 11.8. The normalized spacial score (nSPS) is 13.1. The van der Waals surface area contributed by atoms with Crippen LogP contribution in [0.4, 0.5) is 0 Å². The second-order valence-electron chi connectivity index (χ2n) is 4.36. The lowest BCUT2D eigenvalue weighted by Crippen LogP contribution is -2.42. The molecule has 4 nitrogen and oxygen atoms in total. The van der Waals surface area contributed by atoms with E-state index in [0.717, 1.165) is 0 Å². The zero-order valence-electron chi connectivity index (χ0n) is 9.86. The van der Waals surface area contributed by atoms with Gasteiger partial charge in [0, 0.05) is 13.1 Å². The van der Waals surface area contributed by atoms with E-state index in [1.165, 1.54) is 10.4 Å². The molecule has 2 N–H and O–H groups in total. The molecule has 5 heteroatoms. The van der Waals surface area contributed by atoms with Gasteiger partial charge in [-0.1, -0.05) is 26.8 Å². The lowest BCUT2D eigenvalue weighted by Gasteiger charge is -2.30. The zero-order chi connectivity index (χ0) is 12.1. The number of nitrogens with two attached hydrogens (primary N) is 1. The Morgan fingerprint density at radius 2 is 2.00 bits per heavy atom. The third kappa shape index (κ3) is 4.77. The summed E-state index contributed by atoms with van der Waals surface area (Å²) in [5.41, 5.74) is 5.39. The number of hydrogen-bond donors (Lipinski definition) is 1. The van der Waals surface area contributed by atoms with E-state index in [-0.39, 0.29) is 11.2 Å². The molecular formula is C10H22N2O2S. The van der Waals surface area contributed by atoms with Crippen molar-refractivity contribution in [1.29, 1.82) is 0 Å². The monoisotopic (exact) mass is 234 g/mol. The van der Waals surface area contributed by atoms with Crippen LogP contribution < -0.4 is 5.73 Å². The Morgan fingerprint density at radius 1 is 1.47 bits per heavy atom. The molecule has 0 aromatic heterocycles. The summed E-state index contributed by atoms with van der Waals surface area (Å²) in [6.45, 7) is 10.6. The highest BCUT2D eigenvalue weighted by Crippen LogP contribution is 2.17. The first-order valence-corrected chi connectivity index (χ1v) is 6.69. The quantitative estimate of drug-likeness (QED) is 0.663. The lowest BCUT2D eigenvalue weighted by atomic mass is 9.94. The van der Waals surface area contributed by atoms with Crippen molar-refractivity contribution < 1.29 is 8.42 Å². The topological polar surface area (TPSA) is 63.4 Å². The molecule has 15 heavy (non-hydrogen) atoms. The average Bonchev–Trinajstić information content (AvgIpc) is 2.14. The predicted octanol–water partition coefficient (Wildman–Crippen LogP) is 0.809. The molecule has 0 fully saturated rings. The second-order valence-corrected chi connectivity index (χ2v) is 6.38. The number of rotatable bonds is 7. The Labute approximate surface area is 93.2 Å². The molecule has 0 saturated carbocycles. The molecule has 0 spiro atoms. The van der Waals surface area contributed by atoms with Gasteiger partial charge in [-0.25, -0.2) is 12.7 Å². The van der Waals surface area contributed by atoms with Gasteiger partial charge in [0.2, 0.25) is 10.0 Å². The van der Waals surface area contributed by atoms with Crippen LogP contribution in [0.1, 0.15) is 20.8 Å². The number of nitrogens with zero attached hydrogens (tertiary/aromatic N) is 1. The number of hydrogen-bond acceptors (Lipinski definition) is 3. The van der Waals surface area contributed by atoms with Gasteiger partial charge < -0.3 is 5.73 Å². The van der Waals surface area contributed by atoms with E-state index in [4.69, 9.17) is 5.73 Å². The van der Waals surface area contributed by atoms with Crippen LogP contribution in [0.2, 0.25) is 0 Å². The molecule has 0 amide bonds. The maximum atomic E-state index is 11.8. The van der Waals surface area contributed by atoms with Crippen molar-refractivity contribution >= 4 is 10.0 Å². The summed E-state index contributed by atoms with van der Waals surface area (Å²) < 4.78 is 25.0. The summed E-state index contributed by atoms with van der Waals surface area (Å²) in [4.78, 5) is 0. The van der Waals surface area contributed by atoms with Crippen LogP contribution in [0.25, 0.3) is 0 Å². The summed E-state index contributed by atoms with van der Waals surface area (Å²) in [6, 6.07) is 0. The smallest absolute Gasteiger partial charge is 0.217 e. The Hall–Kier alpha value is -0.390. The van der Waals surface area contributed by atoms with Gasteiger partial charge in [0.1, 0.15) is 0 Å².